The van der Waals surface area contributed by atoms with Crippen LogP contribution in [0.4, 0.5) is 0 Å². The summed E-state index contributed by atoms with van der Waals surface area (Å²) in [6.45, 7) is 7.37. The molecule has 0 bridgehead atoms. The van der Waals surface area contributed by atoms with Crippen LogP contribution in [-0.4, -0.2) is 33.0 Å². The zero-order chi connectivity index (χ0) is 15.2. The molecule has 118 valence electrons. The third-order valence-electron chi connectivity index (χ3n) is 3.49. The molecule has 1 atom stereocenters. The van der Waals surface area contributed by atoms with Crippen LogP contribution in [-0.2, 0) is 11.3 Å². The van der Waals surface area contributed by atoms with Crippen LogP contribution < -0.4 is 14.8 Å². The molecular weight excluding hydrogens is 334 g/mol. The van der Waals surface area contributed by atoms with Crippen molar-refractivity contribution in [3.8, 4) is 11.5 Å². The summed E-state index contributed by atoms with van der Waals surface area (Å²) >= 11 is 3.59. The van der Waals surface area contributed by atoms with Crippen LogP contribution in [0.25, 0.3) is 0 Å². The van der Waals surface area contributed by atoms with Gasteiger partial charge in [-0.3, -0.25) is 0 Å². The smallest absolute Gasteiger partial charge is 0.175 e. The van der Waals surface area contributed by atoms with E-state index in [0.29, 0.717) is 18.6 Å². The van der Waals surface area contributed by atoms with Gasteiger partial charge in [0.15, 0.2) is 11.5 Å². The standard InChI is InChI=1S/C16H24BrNO3/c1-11(2)18-8-13-6-14(17)16(15(7-13)19-3)21-10-12-4-5-20-9-12/h6-7,11-12,18H,4-5,8-10H2,1-3H3. The van der Waals surface area contributed by atoms with Gasteiger partial charge in [-0.2, -0.15) is 0 Å². The average molecular weight is 358 g/mol. The molecule has 0 spiro atoms. The Morgan fingerprint density at radius 2 is 2.24 bits per heavy atom. The Hall–Kier alpha value is -0.780. The molecule has 21 heavy (non-hydrogen) atoms. The highest BCUT2D eigenvalue weighted by Crippen LogP contribution is 2.37. The van der Waals surface area contributed by atoms with Crippen LogP contribution >= 0.6 is 15.9 Å². The highest BCUT2D eigenvalue weighted by molar-refractivity contribution is 9.10. The van der Waals surface area contributed by atoms with Gasteiger partial charge in [0.25, 0.3) is 0 Å². The number of benzene rings is 1. The zero-order valence-electron chi connectivity index (χ0n) is 12.9. The maximum atomic E-state index is 5.95. The normalized spacial score (nSPS) is 18.2. The maximum Gasteiger partial charge on any atom is 0.175 e. The number of ether oxygens (including phenoxy) is 3. The van der Waals surface area contributed by atoms with Gasteiger partial charge >= 0.3 is 0 Å². The van der Waals surface area contributed by atoms with Gasteiger partial charge in [0.1, 0.15) is 0 Å². The van der Waals surface area contributed by atoms with Crippen molar-refractivity contribution in [1.29, 1.82) is 0 Å². The molecule has 1 unspecified atom stereocenters. The topological polar surface area (TPSA) is 39.7 Å². The molecule has 0 radical (unpaired) electrons. The summed E-state index contributed by atoms with van der Waals surface area (Å²) in [6, 6.07) is 4.56. The van der Waals surface area contributed by atoms with Crippen LogP contribution in [0.3, 0.4) is 0 Å². The van der Waals surface area contributed by atoms with Gasteiger partial charge in [-0.1, -0.05) is 13.8 Å². The van der Waals surface area contributed by atoms with E-state index in [1.807, 2.05) is 6.07 Å². The van der Waals surface area contributed by atoms with E-state index in [2.05, 4.69) is 41.2 Å². The zero-order valence-corrected chi connectivity index (χ0v) is 14.5. The molecule has 1 aliphatic rings. The lowest BCUT2D eigenvalue weighted by molar-refractivity contribution is 0.165. The van der Waals surface area contributed by atoms with Crippen LogP contribution in [0, 0.1) is 5.92 Å². The Morgan fingerprint density at radius 1 is 1.43 bits per heavy atom. The molecule has 0 aliphatic carbocycles. The summed E-state index contributed by atoms with van der Waals surface area (Å²) in [4.78, 5) is 0. The van der Waals surface area contributed by atoms with Crippen molar-refractivity contribution < 1.29 is 14.2 Å². The largest absolute Gasteiger partial charge is 0.493 e. The Labute approximate surface area is 135 Å². The number of nitrogens with one attached hydrogen (secondary N) is 1. The van der Waals surface area contributed by atoms with Gasteiger partial charge in [-0.05, 0) is 40.0 Å². The molecule has 1 fully saturated rings. The van der Waals surface area contributed by atoms with Crippen molar-refractivity contribution in [1.82, 2.24) is 5.32 Å². The fourth-order valence-corrected chi connectivity index (χ4v) is 2.86. The first-order chi connectivity index (χ1) is 10.1. The first kappa shape index (κ1) is 16.6. The number of rotatable bonds is 7. The summed E-state index contributed by atoms with van der Waals surface area (Å²) in [5.74, 6) is 2.02. The number of methoxy groups -OCH3 is 1. The highest BCUT2D eigenvalue weighted by Gasteiger charge is 2.19. The third kappa shape index (κ3) is 4.87. The quantitative estimate of drug-likeness (QED) is 0.811. The molecule has 5 heteroatoms. The van der Waals surface area contributed by atoms with Crippen molar-refractivity contribution >= 4 is 15.9 Å². The van der Waals surface area contributed by atoms with Crippen LogP contribution in [0.5, 0.6) is 11.5 Å². The van der Waals surface area contributed by atoms with Gasteiger partial charge < -0.3 is 19.5 Å². The second kappa shape index (κ2) is 8.01. The second-order valence-corrected chi connectivity index (χ2v) is 6.54. The van der Waals surface area contributed by atoms with Crippen molar-refractivity contribution in [2.45, 2.75) is 32.9 Å². The van der Waals surface area contributed by atoms with E-state index >= 15 is 0 Å². The van der Waals surface area contributed by atoms with E-state index in [1.165, 1.54) is 5.56 Å². The number of hydrogen-bond acceptors (Lipinski definition) is 4. The van der Waals surface area contributed by atoms with Crippen molar-refractivity contribution in [2.75, 3.05) is 26.9 Å². The van der Waals surface area contributed by atoms with E-state index in [4.69, 9.17) is 14.2 Å². The molecule has 2 rings (SSSR count). The summed E-state index contributed by atoms with van der Waals surface area (Å²) in [6.07, 6.45) is 1.07. The monoisotopic (exact) mass is 357 g/mol. The predicted molar refractivity (Wildman–Crippen MR) is 87.1 cm³/mol. The lowest BCUT2D eigenvalue weighted by Crippen LogP contribution is -2.21. The van der Waals surface area contributed by atoms with Crippen LogP contribution in [0.2, 0.25) is 0 Å². The molecular formula is C16H24BrNO3. The molecule has 0 aromatic heterocycles. The van der Waals surface area contributed by atoms with Crippen molar-refractivity contribution in [2.24, 2.45) is 5.92 Å². The first-order valence-corrected chi connectivity index (χ1v) is 8.19. The fraction of sp³-hybridized carbons (Fsp3) is 0.625. The van der Waals surface area contributed by atoms with E-state index in [1.54, 1.807) is 7.11 Å². The molecule has 1 aromatic rings. The lowest BCUT2D eigenvalue weighted by atomic mass is 10.1. The summed E-state index contributed by atoms with van der Waals surface area (Å²) in [7, 11) is 1.67. The Morgan fingerprint density at radius 3 is 2.86 bits per heavy atom. The molecule has 0 amide bonds. The van der Waals surface area contributed by atoms with E-state index in [-0.39, 0.29) is 0 Å². The lowest BCUT2D eigenvalue weighted by Gasteiger charge is -2.17. The van der Waals surface area contributed by atoms with E-state index in [9.17, 15) is 0 Å². The average Bonchev–Trinajstić information content (AvgIpc) is 2.96. The molecule has 1 aromatic carbocycles. The summed E-state index contributed by atoms with van der Waals surface area (Å²) < 4.78 is 17.7. The minimum absolute atomic E-state index is 0.452. The van der Waals surface area contributed by atoms with Gasteiger partial charge in [0, 0.05) is 25.1 Å². The first-order valence-electron chi connectivity index (χ1n) is 7.40. The van der Waals surface area contributed by atoms with E-state index in [0.717, 1.165) is 42.2 Å². The molecule has 1 heterocycles. The minimum atomic E-state index is 0.452. The molecule has 1 N–H and O–H groups in total. The highest BCUT2D eigenvalue weighted by atomic mass is 79.9. The SMILES string of the molecule is COc1cc(CNC(C)C)cc(Br)c1OCC1CCOC1. The van der Waals surface area contributed by atoms with Gasteiger partial charge in [-0.25, -0.2) is 0 Å². The number of hydrogen-bond donors (Lipinski definition) is 1. The molecule has 0 saturated carbocycles. The Kier molecular flexibility index (Phi) is 6.33. The minimum Gasteiger partial charge on any atom is -0.493 e. The third-order valence-corrected chi connectivity index (χ3v) is 4.08. The number of halogens is 1. The Bertz CT molecular complexity index is 459. The van der Waals surface area contributed by atoms with E-state index < -0.39 is 0 Å². The van der Waals surface area contributed by atoms with Crippen molar-refractivity contribution in [3.63, 3.8) is 0 Å². The van der Waals surface area contributed by atoms with Crippen molar-refractivity contribution in [3.05, 3.63) is 22.2 Å². The predicted octanol–water partition coefficient (Wildman–Crippen LogP) is 3.37. The maximum absolute atomic E-state index is 5.95. The van der Waals surface area contributed by atoms with Gasteiger partial charge in [0.05, 0.1) is 24.8 Å². The van der Waals surface area contributed by atoms with Crippen LogP contribution in [0.15, 0.2) is 16.6 Å². The van der Waals surface area contributed by atoms with Crippen LogP contribution in [0.1, 0.15) is 25.8 Å². The molecule has 4 nitrogen and oxygen atoms in total. The summed E-state index contributed by atoms with van der Waals surface area (Å²) in [5.41, 5.74) is 1.17. The van der Waals surface area contributed by atoms with Gasteiger partial charge in [0.2, 0.25) is 0 Å². The Balaban J connectivity index is 2.05. The summed E-state index contributed by atoms with van der Waals surface area (Å²) in [5, 5.41) is 3.40. The van der Waals surface area contributed by atoms with Gasteiger partial charge in [-0.15, -0.1) is 0 Å². The molecule has 1 saturated heterocycles. The second-order valence-electron chi connectivity index (χ2n) is 5.69. The molecule has 1 aliphatic heterocycles. The fourth-order valence-electron chi connectivity index (χ4n) is 2.25.